The molecule has 1 aliphatic heterocycles. The maximum atomic E-state index is 13.1. The van der Waals surface area contributed by atoms with Gasteiger partial charge in [-0.05, 0) is 62.1 Å². The Morgan fingerprint density at radius 1 is 1.17 bits per heavy atom. The minimum atomic E-state index is -0.233. The van der Waals surface area contributed by atoms with Crippen molar-refractivity contribution in [2.45, 2.75) is 39.0 Å². The molecule has 35 heavy (non-hydrogen) atoms. The Morgan fingerprint density at radius 2 is 1.94 bits per heavy atom. The number of carbonyl (C=O) groups is 1. The normalized spacial score (nSPS) is 14.0. The van der Waals surface area contributed by atoms with E-state index in [-0.39, 0.29) is 11.5 Å². The van der Waals surface area contributed by atoms with E-state index in [9.17, 15) is 10.1 Å². The summed E-state index contributed by atoms with van der Waals surface area (Å²) in [5, 5.41) is 15.1. The summed E-state index contributed by atoms with van der Waals surface area (Å²) in [5.74, 6) is 0.393. The van der Waals surface area contributed by atoms with Gasteiger partial charge in [-0.2, -0.15) is 10.4 Å². The monoisotopic (exact) mass is 488 g/mol. The highest BCUT2D eigenvalue weighted by molar-refractivity contribution is 6.32. The van der Waals surface area contributed by atoms with Gasteiger partial charge in [0.2, 0.25) is 0 Å². The Bertz CT molecular complexity index is 1240. The van der Waals surface area contributed by atoms with Gasteiger partial charge < -0.3 is 9.64 Å². The molecule has 0 aliphatic carbocycles. The summed E-state index contributed by atoms with van der Waals surface area (Å²) in [6.45, 7) is 4.08. The van der Waals surface area contributed by atoms with Crippen molar-refractivity contribution in [3.8, 4) is 28.8 Å². The number of nitriles is 1. The molecule has 2 aromatic carbocycles. The number of hydrogen-bond donors (Lipinski definition) is 0. The van der Waals surface area contributed by atoms with Crippen molar-refractivity contribution >= 4 is 23.6 Å². The first kappa shape index (κ1) is 24.6. The molecule has 0 saturated carbocycles. The SMILES string of the molecule is CCCCOc1ccc(-c2nn(-c3ccccc3)cc2C=C(C#N)C(=O)N2CCCCC2)cc1Cl. The second kappa shape index (κ2) is 11.7. The van der Waals surface area contributed by atoms with Crippen LogP contribution in [0.25, 0.3) is 23.0 Å². The Hall–Kier alpha value is -3.56. The largest absolute Gasteiger partial charge is 0.492 e. The van der Waals surface area contributed by atoms with Gasteiger partial charge in [-0.25, -0.2) is 4.68 Å². The van der Waals surface area contributed by atoms with Crippen LogP contribution in [-0.2, 0) is 4.79 Å². The van der Waals surface area contributed by atoms with E-state index >= 15 is 0 Å². The average molecular weight is 489 g/mol. The van der Waals surface area contributed by atoms with Crippen LogP contribution >= 0.6 is 11.6 Å². The molecule has 4 rings (SSSR count). The van der Waals surface area contributed by atoms with E-state index in [2.05, 4.69) is 13.0 Å². The zero-order valence-electron chi connectivity index (χ0n) is 19.9. The van der Waals surface area contributed by atoms with Gasteiger partial charge in [0.1, 0.15) is 23.1 Å². The van der Waals surface area contributed by atoms with Gasteiger partial charge in [0.25, 0.3) is 5.91 Å². The van der Waals surface area contributed by atoms with Crippen LogP contribution < -0.4 is 4.74 Å². The Kier molecular flexibility index (Phi) is 8.23. The van der Waals surface area contributed by atoms with Crippen LogP contribution in [0.1, 0.15) is 44.6 Å². The summed E-state index contributed by atoms with van der Waals surface area (Å²) in [6, 6.07) is 17.4. The van der Waals surface area contributed by atoms with Crippen molar-refractivity contribution < 1.29 is 9.53 Å². The summed E-state index contributed by atoms with van der Waals surface area (Å²) in [6.07, 6.45) is 8.52. The second-order valence-corrected chi connectivity index (χ2v) is 8.99. The molecule has 1 fully saturated rings. The number of carbonyl (C=O) groups excluding carboxylic acids is 1. The lowest BCUT2D eigenvalue weighted by atomic mass is 10.0. The lowest BCUT2D eigenvalue weighted by molar-refractivity contribution is -0.127. The van der Waals surface area contributed by atoms with E-state index in [1.54, 1.807) is 15.7 Å². The minimum absolute atomic E-state index is 0.103. The summed E-state index contributed by atoms with van der Waals surface area (Å²) < 4.78 is 7.54. The molecule has 1 aliphatic rings. The number of benzene rings is 2. The highest BCUT2D eigenvalue weighted by Crippen LogP contribution is 2.33. The molecule has 0 unspecified atom stereocenters. The molecule has 0 radical (unpaired) electrons. The van der Waals surface area contributed by atoms with Crippen molar-refractivity contribution in [2.24, 2.45) is 0 Å². The van der Waals surface area contributed by atoms with Gasteiger partial charge in [0.05, 0.1) is 17.3 Å². The molecule has 1 saturated heterocycles. The van der Waals surface area contributed by atoms with Crippen LogP contribution in [0.2, 0.25) is 5.02 Å². The Balaban J connectivity index is 1.73. The van der Waals surface area contributed by atoms with Gasteiger partial charge in [0, 0.05) is 30.4 Å². The maximum absolute atomic E-state index is 13.1. The maximum Gasteiger partial charge on any atom is 0.264 e. The van der Waals surface area contributed by atoms with Crippen LogP contribution in [0.5, 0.6) is 5.75 Å². The summed E-state index contributed by atoms with van der Waals surface area (Å²) in [7, 11) is 0. The van der Waals surface area contributed by atoms with Gasteiger partial charge in [-0.3, -0.25) is 4.79 Å². The van der Waals surface area contributed by atoms with Gasteiger partial charge >= 0.3 is 0 Å². The number of para-hydroxylation sites is 1. The van der Waals surface area contributed by atoms with Crippen LogP contribution in [-0.4, -0.2) is 40.3 Å². The zero-order chi connectivity index (χ0) is 24.6. The van der Waals surface area contributed by atoms with E-state index in [1.807, 2.05) is 54.7 Å². The number of amides is 1. The lowest BCUT2D eigenvalue weighted by Crippen LogP contribution is -2.36. The molecule has 2 heterocycles. The Labute approximate surface area is 211 Å². The highest BCUT2D eigenvalue weighted by Gasteiger charge is 2.22. The number of hydrogen-bond acceptors (Lipinski definition) is 4. The summed E-state index contributed by atoms with van der Waals surface area (Å²) >= 11 is 6.53. The number of unbranched alkanes of at least 4 members (excludes halogenated alkanes) is 1. The number of likely N-dealkylation sites (tertiary alicyclic amines) is 1. The fraction of sp³-hybridized carbons (Fsp3) is 0.321. The molecular weight excluding hydrogens is 460 g/mol. The van der Waals surface area contributed by atoms with Crippen LogP contribution in [0.4, 0.5) is 0 Å². The van der Waals surface area contributed by atoms with E-state index in [1.165, 1.54) is 0 Å². The van der Waals surface area contributed by atoms with Crippen LogP contribution in [0, 0.1) is 11.3 Å². The Morgan fingerprint density at radius 3 is 2.63 bits per heavy atom. The van der Waals surface area contributed by atoms with Crippen LogP contribution in [0.3, 0.4) is 0 Å². The molecule has 0 spiro atoms. The van der Waals surface area contributed by atoms with Crippen molar-refractivity contribution in [2.75, 3.05) is 19.7 Å². The molecule has 1 aromatic heterocycles. The topological polar surface area (TPSA) is 71.1 Å². The minimum Gasteiger partial charge on any atom is -0.492 e. The van der Waals surface area contributed by atoms with E-state index in [4.69, 9.17) is 21.4 Å². The molecule has 3 aromatic rings. The number of ether oxygens (including phenoxy) is 1. The van der Waals surface area contributed by atoms with Gasteiger partial charge in [-0.15, -0.1) is 0 Å². The first-order valence-electron chi connectivity index (χ1n) is 12.1. The number of rotatable bonds is 8. The predicted molar refractivity (Wildman–Crippen MR) is 138 cm³/mol. The highest BCUT2D eigenvalue weighted by atomic mass is 35.5. The lowest BCUT2D eigenvalue weighted by Gasteiger charge is -2.26. The number of piperidine rings is 1. The van der Waals surface area contributed by atoms with Gasteiger partial charge in [0.15, 0.2) is 0 Å². The molecule has 6 nitrogen and oxygen atoms in total. The number of aromatic nitrogens is 2. The van der Waals surface area contributed by atoms with E-state index < -0.39 is 0 Å². The average Bonchev–Trinajstić information content (AvgIpc) is 3.33. The molecule has 0 N–H and O–H groups in total. The van der Waals surface area contributed by atoms with E-state index in [0.29, 0.717) is 41.7 Å². The summed E-state index contributed by atoms with van der Waals surface area (Å²) in [5.41, 5.74) is 3.06. The molecular formula is C28H29ClN4O2. The molecule has 1 amide bonds. The molecule has 180 valence electrons. The molecule has 0 bridgehead atoms. The first-order valence-corrected chi connectivity index (χ1v) is 12.5. The fourth-order valence-electron chi connectivity index (χ4n) is 4.09. The third-order valence-corrected chi connectivity index (χ3v) is 6.31. The van der Waals surface area contributed by atoms with Crippen molar-refractivity contribution in [3.63, 3.8) is 0 Å². The third-order valence-electron chi connectivity index (χ3n) is 6.02. The van der Waals surface area contributed by atoms with Crippen LogP contribution in [0.15, 0.2) is 60.3 Å². The second-order valence-electron chi connectivity index (χ2n) is 8.58. The smallest absolute Gasteiger partial charge is 0.264 e. The zero-order valence-corrected chi connectivity index (χ0v) is 20.7. The predicted octanol–water partition coefficient (Wildman–Crippen LogP) is 6.29. The molecule has 0 atom stereocenters. The number of nitrogens with zero attached hydrogens (tertiary/aromatic N) is 4. The van der Waals surface area contributed by atoms with Crippen molar-refractivity contribution in [1.29, 1.82) is 5.26 Å². The van der Waals surface area contributed by atoms with Crippen molar-refractivity contribution in [3.05, 3.63) is 70.9 Å². The third kappa shape index (κ3) is 5.93. The first-order chi connectivity index (χ1) is 17.1. The standard InChI is InChI=1S/C28H29ClN4O2/c1-2-3-16-35-26-13-12-21(18-25(26)29)27-23(20-33(31-27)24-10-6-4-7-11-24)17-22(19-30)28(34)32-14-8-5-9-15-32/h4,6-7,10-13,17-18,20H,2-3,5,8-9,14-16H2,1H3. The van der Waals surface area contributed by atoms with Crippen molar-refractivity contribution in [1.82, 2.24) is 14.7 Å². The number of halogens is 1. The molecule has 7 heteroatoms. The quantitative estimate of drug-likeness (QED) is 0.212. The fourth-order valence-corrected chi connectivity index (χ4v) is 4.32. The summed E-state index contributed by atoms with van der Waals surface area (Å²) in [4.78, 5) is 14.8. The van der Waals surface area contributed by atoms with Gasteiger partial charge in [-0.1, -0.05) is 43.1 Å². The van der Waals surface area contributed by atoms with E-state index in [0.717, 1.165) is 43.4 Å².